The molecule has 0 fully saturated rings. The average Bonchev–Trinajstić information content (AvgIpc) is 2.32. The fraction of sp³-hybridized carbons (Fsp3) is 0.417. The van der Waals surface area contributed by atoms with E-state index in [2.05, 4.69) is 0 Å². The minimum Gasteiger partial charge on any atom is -0.396 e. The Labute approximate surface area is 98.7 Å². The molecule has 1 aromatic rings. The molecule has 0 bridgehead atoms. The first-order valence-electron chi connectivity index (χ1n) is 5.44. The van der Waals surface area contributed by atoms with Gasteiger partial charge in [-0.15, -0.1) is 0 Å². The van der Waals surface area contributed by atoms with Crippen molar-refractivity contribution in [1.29, 1.82) is 0 Å². The van der Waals surface area contributed by atoms with E-state index >= 15 is 0 Å². The Bertz CT molecular complexity index is 373. The van der Waals surface area contributed by atoms with Gasteiger partial charge in [0.1, 0.15) is 23.6 Å². The second-order valence-electron chi connectivity index (χ2n) is 3.61. The number of carbonyl (C=O) groups is 1. The predicted octanol–water partition coefficient (Wildman–Crippen LogP) is 1.99. The van der Waals surface area contributed by atoms with Crippen LogP contribution < -0.4 is 4.90 Å². The molecular formula is C12H15F2NO2. The highest BCUT2D eigenvalue weighted by atomic mass is 19.1. The highest BCUT2D eigenvalue weighted by Crippen LogP contribution is 2.24. The van der Waals surface area contributed by atoms with Gasteiger partial charge in [0.15, 0.2) is 0 Å². The largest absolute Gasteiger partial charge is 0.396 e. The summed E-state index contributed by atoms with van der Waals surface area (Å²) in [5, 5.41) is 8.72. The third-order valence-corrected chi connectivity index (χ3v) is 2.46. The van der Waals surface area contributed by atoms with Crippen LogP contribution in [-0.4, -0.2) is 31.1 Å². The fourth-order valence-electron chi connectivity index (χ4n) is 1.64. The number of aliphatic hydroxyl groups is 1. The SMILES string of the molecule is CCN(CCCO)c1c(F)cc(C=O)cc1F. The van der Waals surface area contributed by atoms with Crippen molar-refractivity contribution in [1.82, 2.24) is 0 Å². The van der Waals surface area contributed by atoms with Gasteiger partial charge in [-0.2, -0.15) is 0 Å². The molecule has 0 spiro atoms. The minimum atomic E-state index is -0.758. The van der Waals surface area contributed by atoms with Gasteiger partial charge in [-0.05, 0) is 25.5 Å². The maximum Gasteiger partial charge on any atom is 0.150 e. The highest BCUT2D eigenvalue weighted by Gasteiger charge is 2.16. The minimum absolute atomic E-state index is 0.0260. The smallest absolute Gasteiger partial charge is 0.150 e. The van der Waals surface area contributed by atoms with E-state index in [1.165, 1.54) is 4.90 Å². The quantitative estimate of drug-likeness (QED) is 0.777. The zero-order valence-electron chi connectivity index (χ0n) is 9.62. The fourth-order valence-corrected chi connectivity index (χ4v) is 1.64. The maximum atomic E-state index is 13.7. The Hall–Kier alpha value is -1.49. The molecule has 0 unspecified atom stereocenters. The highest BCUT2D eigenvalue weighted by molar-refractivity contribution is 5.76. The van der Waals surface area contributed by atoms with Crippen molar-refractivity contribution in [3.8, 4) is 0 Å². The molecule has 5 heteroatoms. The van der Waals surface area contributed by atoms with Crippen molar-refractivity contribution < 1.29 is 18.7 Å². The molecule has 1 aromatic carbocycles. The molecule has 0 aliphatic rings. The Morgan fingerprint density at radius 3 is 2.35 bits per heavy atom. The number of aliphatic hydroxyl groups excluding tert-OH is 1. The number of hydrogen-bond acceptors (Lipinski definition) is 3. The van der Waals surface area contributed by atoms with Gasteiger partial charge < -0.3 is 10.0 Å². The van der Waals surface area contributed by atoms with Crippen LogP contribution in [0.2, 0.25) is 0 Å². The molecule has 94 valence electrons. The van der Waals surface area contributed by atoms with Gasteiger partial charge in [0, 0.05) is 25.3 Å². The van der Waals surface area contributed by atoms with Crippen LogP contribution in [0.4, 0.5) is 14.5 Å². The van der Waals surface area contributed by atoms with Crippen LogP contribution >= 0.6 is 0 Å². The zero-order valence-corrected chi connectivity index (χ0v) is 9.62. The lowest BCUT2D eigenvalue weighted by Gasteiger charge is -2.23. The van der Waals surface area contributed by atoms with Crippen LogP contribution in [0.3, 0.4) is 0 Å². The second-order valence-corrected chi connectivity index (χ2v) is 3.61. The Morgan fingerprint density at radius 1 is 1.35 bits per heavy atom. The number of hydrogen-bond donors (Lipinski definition) is 1. The molecule has 0 heterocycles. The third kappa shape index (κ3) is 3.23. The average molecular weight is 243 g/mol. The van der Waals surface area contributed by atoms with Gasteiger partial charge in [0.25, 0.3) is 0 Å². The number of nitrogens with zero attached hydrogens (tertiary/aromatic N) is 1. The number of aldehydes is 1. The van der Waals surface area contributed by atoms with Crippen molar-refractivity contribution in [3.05, 3.63) is 29.3 Å². The van der Waals surface area contributed by atoms with Gasteiger partial charge in [-0.25, -0.2) is 8.78 Å². The molecule has 1 rings (SSSR count). The number of halogens is 2. The van der Waals surface area contributed by atoms with E-state index in [4.69, 9.17) is 5.11 Å². The van der Waals surface area contributed by atoms with Crippen molar-refractivity contribution in [2.75, 3.05) is 24.6 Å². The van der Waals surface area contributed by atoms with E-state index in [1.807, 2.05) is 0 Å². The van der Waals surface area contributed by atoms with Crippen LogP contribution in [-0.2, 0) is 0 Å². The van der Waals surface area contributed by atoms with Crippen LogP contribution in [0, 0.1) is 11.6 Å². The van der Waals surface area contributed by atoms with Gasteiger partial charge in [0.05, 0.1) is 0 Å². The first kappa shape index (κ1) is 13.6. The van der Waals surface area contributed by atoms with E-state index in [0.717, 1.165) is 12.1 Å². The summed E-state index contributed by atoms with van der Waals surface area (Å²) in [6, 6.07) is 2.01. The normalized spacial score (nSPS) is 10.4. The lowest BCUT2D eigenvalue weighted by molar-refractivity contribution is 0.112. The molecule has 1 N–H and O–H groups in total. The third-order valence-electron chi connectivity index (χ3n) is 2.46. The predicted molar refractivity (Wildman–Crippen MR) is 61.3 cm³/mol. The van der Waals surface area contributed by atoms with Crippen LogP contribution in [0.1, 0.15) is 23.7 Å². The molecular weight excluding hydrogens is 228 g/mol. The standard InChI is InChI=1S/C12H15F2NO2/c1-2-15(4-3-5-16)12-10(13)6-9(8-17)7-11(12)14/h6-8,16H,2-5H2,1H3. The molecule has 0 saturated carbocycles. The number of carbonyl (C=O) groups excluding carboxylic acids is 1. The topological polar surface area (TPSA) is 40.5 Å². The Balaban J connectivity index is 3.06. The van der Waals surface area contributed by atoms with E-state index in [-0.39, 0.29) is 17.9 Å². The summed E-state index contributed by atoms with van der Waals surface area (Å²) < 4.78 is 27.3. The monoisotopic (exact) mass is 243 g/mol. The first-order chi connectivity index (χ1) is 8.13. The van der Waals surface area contributed by atoms with Crippen molar-refractivity contribution in [2.24, 2.45) is 0 Å². The van der Waals surface area contributed by atoms with Crippen molar-refractivity contribution >= 4 is 12.0 Å². The van der Waals surface area contributed by atoms with E-state index < -0.39 is 11.6 Å². The van der Waals surface area contributed by atoms with Crippen molar-refractivity contribution in [2.45, 2.75) is 13.3 Å². The lowest BCUT2D eigenvalue weighted by atomic mass is 10.2. The molecule has 0 aliphatic heterocycles. The summed E-state index contributed by atoms with van der Waals surface area (Å²) in [6.07, 6.45) is 0.835. The summed E-state index contributed by atoms with van der Waals surface area (Å²) in [7, 11) is 0. The van der Waals surface area contributed by atoms with Crippen molar-refractivity contribution in [3.63, 3.8) is 0 Å². The van der Waals surface area contributed by atoms with Crippen LogP contribution in [0.25, 0.3) is 0 Å². The number of rotatable bonds is 6. The molecule has 0 atom stereocenters. The summed E-state index contributed by atoms with van der Waals surface area (Å²) >= 11 is 0. The zero-order chi connectivity index (χ0) is 12.8. The molecule has 0 amide bonds. The van der Waals surface area contributed by atoms with Gasteiger partial charge in [-0.3, -0.25) is 4.79 Å². The molecule has 17 heavy (non-hydrogen) atoms. The van der Waals surface area contributed by atoms with Gasteiger partial charge in [-0.1, -0.05) is 0 Å². The van der Waals surface area contributed by atoms with Crippen LogP contribution in [0.5, 0.6) is 0 Å². The summed E-state index contributed by atoms with van der Waals surface area (Å²) in [5.74, 6) is -1.52. The molecule has 0 saturated heterocycles. The molecule has 0 radical (unpaired) electrons. The Kier molecular flexibility index (Phi) is 5.03. The van der Waals surface area contributed by atoms with Gasteiger partial charge in [0.2, 0.25) is 0 Å². The molecule has 3 nitrogen and oxygen atoms in total. The first-order valence-corrected chi connectivity index (χ1v) is 5.44. The second kappa shape index (κ2) is 6.30. The summed E-state index contributed by atoms with van der Waals surface area (Å²) in [4.78, 5) is 11.9. The van der Waals surface area contributed by atoms with E-state index in [0.29, 0.717) is 25.8 Å². The number of benzene rings is 1. The molecule has 0 aliphatic carbocycles. The molecule has 0 aromatic heterocycles. The van der Waals surface area contributed by atoms with Gasteiger partial charge >= 0.3 is 0 Å². The van der Waals surface area contributed by atoms with Crippen LogP contribution in [0.15, 0.2) is 12.1 Å². The summed E-state index contributed by atoms with van der Waals surface area (Å²) in [5.41, 5.74) is -0.173. The van der Waals surface area contributed by atoms with E-state index in [1.54, 1.807) is 6.92 Å². The Morgan fingerprint density at radius 2 is 1.94 bits per heavy atom. The number of anilines is 1. The maximum absolute atomic E-state index is 13.7. The van der Waals surface area contributed by atoms with E-state index in [9.17, 15) is 13.6 Å². The summed E-state index contributed by atoms with van der Waals surface area (Å²) in [6.45, 7) is 2.52. The lowest BCUT2D eigenvalue weighted by Crippen LogP contribution is -2.26.